The van der Waals surface area contributed by atoms with Gasteiger partial charge in [-0.05, 0) is 35.6 Å². The third kappa shape index (κ3) is 3.15. The standard InChI is InChI=1S/C17H13NO3S3/c1-10-7-8-23-12(10)9-13-15(19)18(17(22)24-13)14(16(20)21)11-5-3-2-4-6-11/h2-9,14H,1H3,(H,20,21)/b13-9+. The molecule has 7 heteroatoms. The van der Waals surface area contributed by atoms with Crippen LogP contribution in [0.3, 0.4) is 0 Å². The van der Waals surface area contributed by atoms with Crippen LogP contribution in [0.15, 0.2) is 46.7 Å². The number of aryl methyl sites for hydroxylation is 1. The molecule has 0 bridgehead atoms. The number of amides is 1. The van der Waals surface area contributed by atoms with Crippen LogP contribution >= 0.6 is 35.3 Å². The quantitative estimate of drug-likeness (QED) is 0.644. The smallest absolute Gasteiger partial charge is 0.331 e. The molecule has 24 heavy (non-hydrogen) atoms. The van der Waals surface area contributed by atoms with Crippen LogP contribution in [0.5, 0.6) is 0 Å². The number of carbonyl (C=O) groups is 2. The molecule has 1 fully saturated rings. The van der Waals surface area contributed by atoms with Gasteiger partial charge >= 0.3 is 5.97 Å². The molecule has 0 spiro atoms. The molecule has 1 N–H and O–H groups in total. The van der Waals surface area contributed by atoms with Gasteiger partial charge in [0.15, 0.2) is 6.04 Å². The maximum absolute atomic E-state index is 12.8. The lowest BCUT2D eigenvalue weighted by molar-refractivity contribution is -0.145. The minimum Gasteiger partial charge on any atom is -0.479 e. The molecule has 1 aromatic heterocycles. The molecule has 1 atom stereocenters. The van der Waals surface area contributed by atoms with E-state index in [9.17, 15) is 14.7 Å². The first-order valence-electron chi connectivity index (χ1n) is 7.08. The molecule has 4 nitrogen and oxygen atoms in total. The van der Waals surface area contributed by atoms with E-state index in [1.165, 1.54) is 16.2 Å². The van der Waals surface area contributed by atoms with Crippen molar-refractivity contribution >= 4 is 57.6 Å². The fourth-order valence-corrected chi connectivity index (χ4v) is 4.62. The monoisotopic (exact) mass is 375 g/mol. The highest BCUT2D eigenvalue weighted by Crippen LogP contribution is 2.39. The van der Waals surface area contributed by atoms with E-state index in [-0.39, 0.29) is 10.2 Å². The van der Waals surface area contributed by atoms with Gasteiger partial charge in [0, 0.05) is 4.88 Å². The third-order valence-corrected chi connectivity index (χ3v) is 5.89. The topological polar surface area (TPSA) is 57.6 Å². The van der Waals surface area contributed by atoms with Crippen molar-refractivity contribution < 1.29 is 14.7 Å². The summed E-state index contributed by atoms with van der Waals surface area (Å²) in [5.41, 5.74) is 1.60. The van der Waals surface area contributed by atoms with Gasteiger partial charge in [0.2, 0.25) is 0 Å². The second-order valence-electron chi connectivity index (χ2n) is 5.17. The molecule has 1 aliphatic heterocycles. The number of thiocarbonyl (C=S) groups is 1. The van der Waals surface area contributed by atoms with Crippen LogP contribution in [0, 0.1) is 6.92 Å². The summed E-state index contributed by atoms with van der Waals surface area (Å²) in [5, 5.41) is 11.6. The zero-order chi connectivity index (χ0) is 17.3. The number of thiophene rings is 1. The summed E-state index contributed by atoms with van der Waals surface area (Å²) in [5.74, 6) is -1.47. The highest BCUT2D eigenvalue weighted by molar-refractivity contribution is 8.26. The number of benzene rings is 1. The summed E-state index contributed by atoms with van der Waals surface area (Å²) in [7, 11) is 0. The first kappa shape index (κ1) is 16.9. The van der Waals surface area contributed by atoms with Crippen LogP contribution in [-0.2, 0) is 9.59 Å². The van der Waals surface area contributed by atoms with Gasteiger partial charge in [-0.25, -0.2) is 4.79 Å². The Morgan fingerprint density at radius 1 is 1.29 bits per heavy atom. The minimum atomic E-state index is -1.12. The summed E-state index contributed by atoms with van der Waals surface area (Å²) in [6.45, 7) is 1.97. The largest absolute Gasteiger partial charge is 0.479 e. The summed E-state index contributed by atoms with van der Waals surface area (Å²) in [6.07, 6.45) is 1.78. The number of carbonyl (C=O) groups excluding carboxylic acids is 1. The Labute approximate surface area is 152 Å². The molecule has 2 aromatic rings. The van der Waals surface area contributed by atoms with Gasteiger partial charge in [-0.2, -0.15) is 0 Å². The first-order valence-corrected chi connectivity index (χ1v) is 9.18. The summed E-state index contributed by atoms with van der Waals surface area (Å²) < 4.78 is 0.261. The van der Waals surface area contributed by atoms with E-state index in [0.29, 0.717) is 10.5 Å². The highest BCUT2D eigenvalue weighted by atomic mass is 32.2. The Balaban J connectivity index is 1.98. The fraction of sp³-hybridized carbons (Fsp3) is 0.118. The van der Waals surface area contributed by atoms with E-state index in [1.54, 1.807) is 36.4 Å². The number of rotatable bonds is 4. The van der Waals surface area contributed by atoms with Crippen molar-refractivity contribution in [3.8, 4) is 0 Å². The van der Waals surface area contributed by atoms with Crippen LogP contribution < -0.4 is 0 Å². The van der Waals surface area contributed by atoms with Crippen LogP contribution in [-0.4, -0.2) is 26.2 Å². The highest BCUT2D eigenvalue weighted by Gasteiger charge is 2.41. The number of nitrogens with zero attached hydrogens (tertiary/aromatic N) is 1. The Morgan fingerprint density at radius 2 is 2.00 bits per heavy atom. The van der Waals surface area contributed by atoms with Gasteiger partial charge in [-0.3, -0.25) is 9.69 Å². The van der Waals surface area contributed by atoms with E-state index < -0.39 is 12.0 Å². The van der Waals surface area contributed by atoms with Crippen LogP contribution in [0.1, 0.15) is 22.0 Å². The van der Waals surface area contributed by atoms with Crippen LogP contribution in [0.25, 0.3) is 6.08 Å². The molecule has 3 rings (SSSR count). The molecule has 1 amide bonds. The van der Waals surface area contributed by atoms with Crippen molar-refractivity contribution in [1.82, 2.24) is 4.90 Å². The number of carboxylic acids is 1. The maximum atomic E-state index is 12.8. The lowest BCUT2D eigenvalue weighted by Crippen LogP contribution is -2.37. The van der Waals surface area contributed by atoms with Crippen molar-refractivity contribution in [2.75, 3.05) is 0 Å². The van der Waals surface area contributed by atoms with E-state index in [0.717, 1.165) is 22.2 Å². The molecule has 1 aliphatic rings. The molecular weight excluding hydrogens is 362 g/mol. The zero-order valence-corrected chi connectivity index (χ0v) is 15.1. The number of hydrogen-bond acceptors (Lipinski definition) is 5. The number of thioether (sulfide) groups is 1. The van der Waals surface area contributed by atoms with Crippen molar-refractivity contribution in [2.24, 2.45) is 0 Å². The molecule has 1 aromatic carbocycles. The number of hydrogen-bond donors (Lipinski definition) is 1. The Bertz CT molecular complexity index is 842. The predicted molar refractivity (Wildman–Crippen MR) is 101 cm³/mol. The maximum Gasteiger partial charge on any atom is 0.331 e. The average Bonchev–Trinajstić information content (AvgIpc) is 3.07. The van der Waals surface area contributed by atoms with E-state index in [1.807, 2.05) is 18.4 Å². The average molecular weight is 375 g/mol. The predicted octanol–water partition coefficient (Wildman–Crippen LogP) is 4.08. The summed E-state index contributed by atoms with van der Waals surface area (Å²) >= 11 is 7.96. The van der Waals surface area contributed by atoms with Crippen LogP contribution in [0.4, 0.5) is 0 Å². The summed E-state index contributed by atoms with van der Waals surface area (Å²) in [4.78, 5) is 27.2. The van der Waals surface area contributed by atoms with Crippen LogP contribution in [0.2, 0.25) is 0 Å². The van der Waals surface area contributed by atoms with Gasteiger partial charge in [0.1, 0.15) is 4.32 Å². The normalized spacial score (nSPS) is 17.5. The molecule has 0 saturated carbocycles. The first-order chi connectivity index (χ1) is 11.5. The number of aliphatic carboxylic acids is 1. The van der Waals surface area contributed by atoms with Crippen molar-refractivity contribution in [1.29, 1.82) is 0 Å². The second-order valence-corrected chi connectivity index (χ2v) is 7.79. The number of carboxylic acid groups (broad SMARTS) is 1. The Hall–Kier alpha value is -1.96. The summed E-state index contributed by atoms with van der Waals surface area (Å²) in [6, 6.07) is 9.51. The molecule has 0 radical (unpaired) electrons. The molecule has 1 saturated heterocycles. The SMILES string of the molecule is Cc1ccsc1/C=C1/SC(=S)N(C(C(=O)O)c2ccccc2)C1=O. The molecular formula is C17H13NO3S3. The molecule has 1 unspecified atom stereocenters. The molecule has 0 aliphatic carbocycles. The van der Waals surface area contributed by atoms with E-state index >= 15 is 0 Å². The van der Waals surface area contributed by atoms with Gasteiger partial charge in [0.05, 0.1) is 4.91 Å². The fourth-order valence-electron chi connectivity index (χ4n) is 2.39. The molecule has 122 valence electrons. The Morgan fingerprint density at radius 3 is 2.58 bits per heavy atom. The van der Waals surface area contributed by atoms with Gasteiger partial charge in [0.25, 0.3) is 5.91 Å². The van der Waals surface area contributed by atoms with E-state index in [4.69, 9.17) is 12.2 Å². The Kier molecular flexibility index (Phi) is 4.84. The minimum absolute atomic E-state index is 0.261. The van der Waals surface area contributed by atoms with Gasteiger partial charge in [-0.1, -0.05) is 54.3 Å². The van der Waals surface area contributed by atoms with E-state index in [2.05, 4.69) is 0 Å². The lowest BCUT2D eigenvalue weighted by Gasteiger charge is -2.23. The zero-order valence-electron chi connectivity index (χ0n) is 12.6. The lowest BCUT2D eigenvalue weighted by atomic mass is 10.1. The molecule has 2 heterocycles. The third-order valence-electron chi connectivity index (χ3n) is 3.59. The van der Waals surface area contributed by atoms with Gasteiger partial charge in [-0.15, -0.1) is 11.3 Å². The van der Waals surface area contributed by atoms with Crippen molar-refractivity contribution in [2.45, 2.75) is 13.0 Å². The van der Waals surface area contributed by atoms with Gasteiger partial charge < -0.3 is 5.11 Å². The second kappa shape index (κ2) is 6.88. The van der Waals surface area contributed by atoms with Crippen molar-refractivity contribution in [3.63, 3.8) is 0 Å². The van der Waals surface area contributed by atoms with Crippen molar-refractivity contribution in [3.05, 3.63) is 62.7 Å².